The number of hydrogen-bond donors (Lipinski definition) is 2. The minimum absolute atomic E-state index is 0. The van der Waals surface area contributed by atoms with Crippen molar-refractivity contribution in [1.29, 1.82) is 0 Å². The van der Waals surface area contributed by atoms with Crippen LogP contribution < -0.4 is 11.1 Å². The van der Waals surface area contributed by atoms with E-state index in [1.807, 2.05) is 13.8 Å². The van der Waals surface area contributed by atoms with Crippen molar-refractivity contribution in [2.45, 2.75) is 66.2 Å². The Morgan fingerprint density at radius 2 is 1.60 bits per heavy atom. The maximum Gasteiger partial charge on any atom is 0.328 e. The molecule has 120 valence electrons. The lowest BCUT2D eigenvalue weighted by atomic mass is 10.0. The first-order chi connectivity index (χ1) is 8.65. The summed E-state index contributed by atoms with van der Waals surface area (Å²) in [6, 6.07) is -0.850. The summed E-state index contributed by atoms with van der Waals surface area (Å²) in [7, 11) is 0. The molecule has 0 fully saturated rings. The van der Waals surface area contributed by atoms with Crippen molar-refractivity contribution in [2.75, 3.05) is 0 Å². The first-order valence-electron chi connectivity index (χ1n) is 6.91. The minimum Gasteiger partial charge on any atom is -0.461 e. The largest absolute Gasteiger partial charge is 0.461 e. The topological polar surface area (TPSA) is 81.4 Å². The van der Waals surface area contributed by atoms with Gasteiger partial charge < -0.3 is 15.8 Å². The van der Waals surface area contributed by atoms with Gasteiger partial charge in [-0.2, -0.15) is 0 Å². The zero-order chi connectivity index (χ0) is 15.2. The first-order valence-corrected chi connectivity index (χ1v) is 6.91. The van der Waals surface area contributed by atoms with Crippen molar-refractivity contribution < 1.29 is 14.3 Å². The van der Waals surface area contributed by atoms with Crippen molar-refractivity contribution in [2.24, 2.45) is 17.6 Å². The minimum atomic E-state index is -0.601. The van der Waals surface area contributed by atoms with Crippen LogP contribution in [-0.4, -0.2) is 30.1 Å². The molecule has 3 atom stereocenters. The molecule has 0 aliphatic carbocycles. The summed E-state index contributed by atoms with van der Waals surface area (Å²) in [6.07, 6.45) is 0.369. The van der Waals surface area contributed by atoms with Crippen LogP contribution in [-0.2, 0) is 14.3 Å². The number of esters is 1. The molecule has 0 aromatic carbocycles. The molecule has 0 saturated heterocycles. The number of halogens is 1. The van der Waals surface area contributed by atoms with E-state index in [2.05, 4.69) is 5.32 Å². The average molecular weight is 309 g/mol. The summed E-state index contributed by atoms with van der Waals surface area (Å²) < 4.78 is 5.17. The maximum atomic E-state index is 12.0. The highest BCUT2D eigenvalue weighted by Crippen LogP contribution is 2.09. The zero-order valence-corrected chi connectivity index (χ0v) is 14.1. The lowest BCUT2D eigenvalue weighted by molar-refractivity contribution is -0.152. The van der Waals surface area contributed by atoms with Crippen LogP contribution >= 0.6 is 12.4 Å². The van der Waals surface area contributed by atoms with E-state index in [-0.39, 0.29) is 48.3 Å². The van der Waals surface area contributed by atoms with E-state index in [9.17, 15) is 9.59 Å². The van der Waals surface area contributed by atoms with Gasteiger partial charge in [0.05, 0.1) is 6.10 Å². The predicted molar refractivity (Wildman–Crippen MR) is 82.7 cm³/mol. The molecule has 5 nitrogen and oxygen atoms in total. The van der Waals surface area contributed by atoms with E-state index in [0.717, 1.165) is 0 Å². The fraction of sp³-hybridized carbons (Fsp3) is 0.857. The zero-order valence-electron chi connectivity index (χ0n) is 13.3. The Labute approximate surface area is 128 Å². The van der Waals surface area contributed by atoms with Gasteiger partial charge in [0.25, 0.3) is 0 Å². The maximum absolute atomic E-state index is 12.0. The van der Waals surface area contributed by atoms with E-state index in [4.69, 9.17) is 10.5 Å². The molecule has 2 unspecified atom stereocenters. The van der Waals surface area contributed by atoms with Gasteiger partial charge in [-0.25, -0.2) is 4.79 Å². The molecule has 0 heterocycles. The molecule has 0 saturated carbocycles. The van der Waals surface area contributed by atoms with Crippen molar-refractivity contribution >= 4 is 24.3 Å². The summed E-state index contributed by atoms with van der Waals surface area (Å²) in [6.45, 7) is 11.1. The smallest absolute Gasteiger partial charge is 0.328 e. The molecule has 20 heavy (non-hydrogen) atoms. The van der Waals surface area contributed by atoms with Crippen LogP contribution in [0, 0.1) is 11.8 Å². The highest BCUT2D eigenvalue weighted by atomic mass is 35.5. The first kappa shape index (κ1) is 21.5. The van der Waals surface area contributed by atoms with E-state index in [0.29, 0.717) is 6.42 Å². The molecule has 0 aromatic rings. The molecular weight excluding hydrogens is 280 g/mol. The Hall–Kier alpha value is -0.810. The number of rotatable bonds is 7. The summed E-state index contributed by atoms with van der Waals surface area (Å²) in [5, 5.41) is 2.74. The number of carbonyl (C=O) groups is 2. The molecule has 0 aliphatic heterocycles. The van der Waals surface area contributed by atoms with Gasteiger partial charge in [-0.15, -0.1) is 12.4 Å². The van der Waals surface area contributed by atoms with Gasteiger partial charge in [-0.1, -0.05) is 20.8 Å². The molecule has 0 rings (SSSR count). The summed E-state index contributed by atoms with van der Waals surface area (Å²) in [5.41, 5.74) is 5.69. The number of hydrogen-bond acceptors (Lipinski definition) is 4. The predicted octanol–water partition coefficient (Wildman–Crippen LogP) is 1.87. The Morgan fingerprint density at radius 3 is 1.95 bits per heavy atom. The fourth-order valence-corrected chi connectivity index (χ4v) is 1.54. The van der Waals surface area contributed by atoms with Crippen LogP contribution in [0.25, 0.3) is 0 Å². The van der Waals surface area contributed by atoms with E-state index in [1.165, 1.54) is 0 Å². The number of nitrogens with two attached hydrogens (primary N) is 1. The molecule has 0 aliphatic rings. The van der Waals surface area contributed by atoms with Crippen molar-refractivity contribution in [1.82, 2.24) is 5.32 Å². The Kier molecular flexibility index (Phi) is 10.7. The third kappa shape index (κ3) is 8.38. The lowest BCUT2D eigenvalue weighted by Crippen LogP contribution is -2.48. The van der Waals surface area contributed by atoms with Gasteiger partial charge in [-0.3, -0.25) is 4.79 Å². The molecule has 3 N–H and O–H groups in total. The number of nitrogens with one attached hydrogen (secondary N) is 1. The van der Waals surface area contributed by atoms with Crippen LogP contribution in [0.5, 0.6) is 0 Å². The van der Waals surface area contributed by atoms with Gasteiger partial charge >= 0.3 is 5.97 Å². The van der Waals surface area contributed by atoms with Gasteiger partial charge in [0.15, 0.2) is 0 Å². The summed E-state index contributed by atoms with van der Waals surface area (Å²) in [4.78, 5) is 23.9. The van der Waals surface area contributed by atoms with E-state index >= 15 is 0 Å². The highest BCUT2D eigenvalue weighted by molar-refractivity contribution is 5.86. The average Bonchev–Trinajstić information content (AvgIpc) is 2.25. The second-order valence-electron chi connectivity index (χ2n) is 5.82. The van der Waals surface area contributed by atoms with E-state index < -0.39 is 6.04 Å². The normalized spacial score (nSPS) is 15.2. The van der Waals surface area contributed by atoms with Crippen molar-refractivity contribution in [3.63, 3.8) is 0 Å². The van der Waals surface area contributed by atoms with Crippen LogP contribution in [0.4, 0.5) is 0 Å². The van der Waals surface area contributed by atoms with Crippen molar-refractivity contribution in [3.05, 3.63) is 0 Å². The van der Waals surface area contributed by atoms with Crippen LogP contribution in [0.15, 0.2) is 0 Å². The molecule has 0 radical (unpaired) electrons. The number of ether oxygens (including phenoxy) is 1. The van der Waals surface area contributed by atoms with Gasteiger partial charge in [0.1, 0.15) is 6.04 Å². The van der Waals surface area contributed by atoms with Gasteiger partial charge in [0.2, 0.25) is 5.91 Å². The second kappa shape index (κ2) is 10.00. The number of amides is 1. The van der Waals surface area contributed by atoms with Crippen LogP contribution in [0.1, 0.15) is 48.0 Å². The fourth-order valence-electron chi connectivity index (χ4n) is 1.54. The SMILES string of the molecule is CC(C)C[C@H](NC(=O)C(C)C(C)N)C(=O)OC(C)C.Cl. The monoisotopic (exact) mass is 308 g/mol. The molecule has 0 aromatic heterocycles. The Bertz CT molecular complexity index is 307. The molecule has 6 heteroatoms. The van der Waals surface area contributed by atoms with Crippen LogP contribution in [0.3, 0.4) is 0 Å². The third-order valence-electron chi connectivity index (χ3n) is 2.86. The molecule has 1 amide bonds. The van der Waals surface area contributed by atoms with Crippen molar-refractivity contribution in [3.8, 4) is 0 Å². The van der Waals surface area contributed by atoms with E-state index in [1.54, 1.807) is 27.7 Å². The quantitative estimate of drug-likeness (QED) is 0.704. The summed E-state index contributed by atoms with van der Waals surface area (Å²) in [5.74, 6) is -0.632. The summed E-state index contributed by atoms with van der Waals surface area (Å²) >= 11 is 0. The molecular formula is C14H29ClN2O3. The third-order valence-corrected chi connectivity index (χ3v) is 2.86. The number of carbonyl (C=O) groups excluding carboxylic acids is 2. The molecule has 0 bridgehead atoms. The Morgan fingerprint density at radius 1 is 1.10 bits per heavy atom. The highest BCUT2D eigenvalue weighted by Gasteiger charge is 2.27. The second-order valence-corrected chi connectivity index (χ2v) is 5.82. The molecule has 0 spiro atoms. The standard InChI is InChI=1S/C14H28N2O3.ClH/c1-8(2)7-12(14(18)19-9(3)4)16-13(17)10(5)11(6)15;/h8-12H,7,15H2,1-6H3,(H,16,17);1H/t10?,11?,12-;/m0./s1. The van der Waals surface area contributed by atoms with Gasteiger partial charge in [-0.05, 0) is 33.1 Å². The Balaban J connectivity index is 0. The van der Waals surface area contributed by atoms with Gasteiger partial charge in [0, 0.05) is 12.0 Å². The van der Waals surface area contributed by atoms with Crippen LogP contribution in [0.2, 0.25) is 0 Å². The lowest BCUT2D eigenvalue weighted by Gasteiger charge is -2.23.